The van der Waals surface area contributed by atoms with Crippen molar-refractivity contribution in [2.24, 2.45) is 0 Å². The molecule has 1 aliphatic rings. The number of aromatic nitrogens is 1. The predicted molar refractivity (Wildman–Crippen MR) is 85.4 cm³/mol. The van der Waals surface area contributed by atoms with Gasteiger partial charge in [-0.25, -0.2) is 4.39 Å². The van der Waals surface area contributed by atoms with Crippen molar-refractivity contribution in [3.63, 3.8) is 0 Å². The fourth-order valence-corrected chi connectivity index (χ4v) is 2.64. The van der Waals surface area contributed by atoms with Gasteiger partial charge in [-0.1, -0.05) is 24.3 Å². The van der Waals surface area contributed by atoms with E-state index in [0.717, 1.165) is 12.8 Å². The summed E-state index contributed by atoms with van der Waals surface area (Å²) < 4.78 is 15.3. The van der Waals surface area contributed by atoms with Gasteiger partial charge in [0.25, 0.3) is 5.56 Å². The predicted octanol–water partition coefficient (Wildman–Crippen LogP) is 2.49. The highest BCUT2D eigenvalue weighted by molar-refractivity contribution is 5.76. The van der Waals surface area contributed by atoms with Gasteiger partial charge in [0, 0.05) is 29.9 Å². The standard InChI is InChI=1S/C18H19FN2O2/c1-13-5-4-10-20(18(13)23)12-17(22)21(15-8-9-15)11-14-6-2-3-7-16(14)19/h2-7,10,15H,8-9,11-12H2,1H3. The number of hydrogen-bond acceptors (Lipinski definition) is 2. The van der Waals surface area contributed by atoms with E-state index in [9.17, 15) is 14.0 Å². The van der Waals surface area contributed by atoms with Crippen LogP contribution in [0.25, 0.3) is 0 Å². The van der Waals surface area contributed by atoms with Crippen molar-refractivity contribution < 1.29 is 9.18 Å². The molecule has 4 nitrogen and oxygen atoms in total. The molecular weight excluding hydrogens is 295 g/mol. The highest BCUT2D eigenvalue weighted by Crippen LogP contribution is 2.29. The fourth-order valence-electron chi connectivity index (χ4n) is 2.64. The molecule has 1 fully saturated rings. The molecule has 1 amide bonds. The van der Waals surface area contributed by atoms with Crippen LogP contribution in [0.15, 0.2) is 47.4 Å². The van der Waals surface area contributed by atoms with Crippen LogP contribution in [0.5, 0.6) is 0 Å². The summed E-state index contributed by atoms with van der Waals surface area (Å²) in [6, 6.07) is 10.1. The molecule has 0 spiro atoms. The number of rotatable bonds is 5. The van der Waals surface area contributed by atoms with Crippen LogP contribution < -0.4 is 5.56 Å². The second-order valence-electron chi connectivity index (χ2n) is 5.97. The van der Waals surface area contributed by atoms with Crippen LogP contribution in [0, 0.1) is 12.7 Å². The summed E-state index contributed by atoms with van der Waals surface area (Å²) in [5.41, 5.74) is 0.944. The van der Waals surface area contributed by atoms with Crippen LogP contribution in [-0.2, 0) is 17.9 Å². The summed E-state index contributed by atoms with van der Waals surface area (Å²) in [6.07, 6.45) is 3.48. The maximum atomic E-state index is 13.8. The monoisotopic (exact) mass is 314 g/mol. The van der Waals surface area contributed by atoms with Crippen molar-refractivity contribution in [1.82, 2.24) is 9.47 Å². The van der Waals surface area contributed by atoms with E-state index in [1.165, 1.54) is 10.6 Å². The summed E-state index contributed by atoms with van der Waals surface area (Å²) in [6.45, 7) is 1.96. The zero-order valence-corrected chi connectivity index (χ0v) is 13.0. The Bertz CT molecular complexity index is 781. The molecule has 0 N–H and O–H groups in total. The summed E-state index contributed by atoms with van der Waals surface area (Å²) in [5, 5.41) is 0. The van der Waals surface area contributed by atoms with Crippen LogP contribution in [-0.4, -0.2) is 21.4 Å². The van der Waals surface area contributed by atoms with E-state index < -0.39 is 0 Å². The summed E-state index contributed by atoms with van der Waals surface area (Å²) >= 11 is 0. The van der Waals surface area contributed by atoms with Gasteiger partial charge in [0.15, 0.2) is 0 Å². The molecule has 1 saturated carbocycles. The molecule has 120 valence electrons. The number of aryl methyl sites for hydroxylation is 1. The molecule has 1 heterocycles. The van der Waals surface area contributed by atoms with Crippen LogP contribution in [0.4, 0.5) is 4.39 Å². The van der Waals surface area contributed by atoms with Gasteiger partial charge in [0.05, 0.1) is 0 Å². The number of carbonyl (C=O) groups is 1. The van der Waals surface area contributed by atoms with E-state index in [-0.39, 0.29) is 36.4 Å². The third kappa shape index (κ3) is 3.50. The van der Waals surface area contributed by atoms with Crippen LogP contribution in [0.3, 0.4) is 0 Å². The van der Waals surface area contributed by atoms with Crippen molar-refractivity contribution in [3.8, 4) is 0 Å². The van der Waals surface area contributed by atoms with Crippen LogP contribution >= 0.6 is 0 Å². The highest BCUT2D eigenvalue weighted by Gasteiger charge is 2.33. The van der Waals surface area contributed by atoms with E-state index in [2.05, 4.69) is 0 Å². The van der Waals surface area contributed by atoms with E-state index in [4.69, 9.17) is 0 Å². The van der Waals surface area contributed by atoms with Crippen molar-refractivity contribution in [3.05, 3.63) is 69.9 Å². The molecule has 1 aromatic carbocycles. The molecule has 2 aromatic rings. The first-order valence-corrected chi connectivity index (χ1v) is 7.75. The molecule has 1 aliphatic carbocycles. The lowest BCUT2D eigenvalue weighted by atomic mass is 10.2. The Labute approximate surface area is 134 Å². The number of nitrogens with zero attached hydrogens (tertiary/aromatic N) is 2. The zero-order valence-electron chi connectivity index (χ0n) is 13.0. The number of halogens is 1. The Morgan fingerprint density at radius 2 is 2.00 bits per heavy atom. The molecule has 5 heteroatoms. The summed E-state index contributed by atoms with van der Waals surface area (Å²) in [4.78, 5) is 26.4. The van der Waals surface area contributed by atoms with E-state index >= 15 is 0 Å². The molecule has 1 aromatic heterocycles. The Kier molecular flexibility index (Phi) is 4.28. The number of amides is 1. The van der Waals surface area contributed by atoms with E-state index in [1.807, 2.05) is 0 Å². The van der Waals surface area contributed by atoms with E-state index in [0.29, 0.717) is 11.1 Å². The first kappa shape index (κ1) is 15.5. The highest BCUT2D eigenvalue weighted by atomic mass is 19.1. The molecular formula is C18H19FN2O2. The summed E-state index contributed by atoms with van der Waals surface area (Å²) in [7, 11) is 0. The molecule has 23 heavy (non-hydrogen) atoms. The van der Waals surface area contributed by atoms with Crippen molar-refractivity contribution in [2.75, 3.05) is 0 Å². The number of hydrogen-bond donors (Lipinski definition) is 0. The maximum absolute atomic E-state index is 13.8. The molecule has 0 bridgehead atoms. The number of carbonyl (C=O) groups excluding carboxylic acids is 1. The van der Waals surface area contributed by atoms with Crippen molar-refractivity contribution in [1.29, 1.82) is 0 Å². The van der Waals surface area contributed by atoms with Crippen molar-refractivity contribution in [2.45, 2.75) is 38.9 Å². The fraction of sp³-hybridized carbons (Fsp3) is 0.333. The molecule has 3 rings (SSSR count). The Hall–Kier alpha value is -2.43. The molecule has 0 saturated heterocycles. The topological polar surface area (TPSA) is 42.3 Å². The minimum Gasteiger partial charge on any atom is -0.334 e. The molecule has 0 atom stereocenters. The quantitative estimate of drug-likeness (QED) is 0.851. The number of benzene rings is 1. The van der Waals surface area contributed by atoms with Gasteiger partial charge in [-0.2, -0.15) is 0 Å². The van der Waals surface area contributed by atoms with Crippen LogP contribution in [0.1, 0.15) is 24.0 Å². The van der Waals surface area contributed by atoms with Gasteiger partial charge in [0.1, 0.15) is 12.4 Å². The molecule has 0 radical (unpaired) electrons. The molecule has 0 aliphatic heterocycles. The van der Waals surface area contributed by atoms with Gasteiger partial charge in [-0.05, 0) is 31.9 Å². The largest absolute Gasteiger partial charge is 0.334 e. The Balaban J connectivity index is 1.79. The zero-order chi connectivity index (χ0) is 16.4. The Morgan fingerprint density at radius 1 is 1.26 bits per heavy atom. The lowest BCUT2D eigenvalue weighted by molar-refractivity contribution is -0.133. The number of pyridine rings is 1. The Morgan fingerprint density at radius 3 is 2.70 bits per heavy atom. The SMILES string of the molecule is Cc1cccn(CC(=O)N(Cc2ccccc2F)C2CC2)c1=O. The second kappa shape index (κ2) is 6.36. The minimum atomic E-state index is -0.307. The lowest BCUT2D eigenvalue weighted by Gasteiger charge is -2.23. The minimum absolute atomic E-state index is 0.00847. The molecule has 0 unspecified atom stereocenters. The van der Waals surface area contributed by atoms with Gasteiger partial charge < -0.3 is 9.47 Å². The van der Waals surface area contributed by atoms with Gasteiger partial charge in [0.2, 0.25) is 5.91 Å². The second-order valence-corrected chi connectivity index (χ2v) is 5.97. The van der Waals surface area contributed by atoms with Gasteiger partial charge in [-0.3, -0.25) is 9.59 Å². The third-order valence-corrected chi connectivity index (χ3v) is 4.12. The normalized spacial score (nSPS) is 13.8. The smallest absolute Gasteiger partial charge is 0.253 e. The van der Waals surface area contributed by atoms with Crippen LogP contribution in [0.2, 0.25) is 0 Å². The summed E-state index contributed by atoms with van der Waals surface area (Å²) in [5.74, 6) is -0.456. The van der Waals surface area contributed by atoms with Gasteiger partial charge >= 0.3 is 0 Å². The maximum Gasteiger partial charge on any atom is 0.253 e. The average Bonchev–Trinajstić information content (AvgIpc) is 3.35. The van der Waals surface area contributed by atoms with Gasteiger partial charge in [-0.15, -0.1) is 0 Å². The average molecular weight is 314 g/mol. The first-order chi connectivity index (χ1) is 11.1. The van der Waals surface area contributed by atoms with E-state index in [1.54, 1.807) is 48.4 Å². The van der Waals surface area contributed by atoms with Crippen molar-refractivity contribution >= 4 is 5.91 Å². The first-order valence-electron chi connectivity index (χ1n) is 7.75. The third-order valence-electron chi connectivity index (χ3n) is 4.12. The lowest BCUT2D eigenvalue weighted by Crippen LogP contribution is -2.38.